The van der Waals surface area contributed by atoms with Crippen LogP contribution in [0.3, 0.4) is 0 Å². The van der Waals surface area contributed by atoms with E-state index in [4.69, 9.17) is 4.74 Å². The first-order valence-electron chi connectivity index (χ1n) is 12.3. The molecule has 0 radical (unpaired) electrons. The van der Waals surface area contributed by atoms with Gasteiger partial charge in [-0.15, -0.1) is 13.2 Å². The van der Waals surface area contributed by atoms with E-state index in [-0.39, 0.29) is 35.7 Å². The zero-order chi connectivity index (χ0) is 25.0. The standard InChI is InChI=1S/C25H38BrN3O5/c1-5-9-13-28(12-8-4)24(33)21-25-16-17(26)20(34-25)18(19(25)23(32)29(21)14-15-30)22(31)27(10-6-2)11-7-3/h6,8,17-21,30H,2,4-5,7,9-16H2,1,3H3/t17?,18-,19-,20-,21?,25?/m0/s1. The van der Waals surface area contributed by atoms with Gasteiger partial charge in [-0.1, -0.05) is 48.4 Å². The summed E-state index contributed by atoms with van der Waals surface area (Å²) in [5.74, 6) is -2.05. The van der Waals surface area contributed by atoms with Crippen molar-refractivity contribution in [1.29, 1.82) is 0 Å². The van der Waals surface area contributed by atoms with E-state index in [0.717, 1.165) is 19.3 Å². The highest BCUT2D eigenvalue weighted by Crippen LogP contribution is 2.60. The van der Waals surface area contributed by atoms with Crippen molar-refractivity contribution >= 4 is 33.7 Å². The van der Waals surface area contributed by atoms with E-state index in [0.29, 0.717) is 32.6 Å². The molecule has 0 aromatic rings. The van der Waals surface area contributed by atoms with Crippen molar-refractivity contribution in [3.63, 3.8) is 0 Å². The maximum absolute atomic E-state index is 13.9. The Bertz CT molecular complexity index is 807. The molecule has 3 saturated heterocycles. The molecular weight excluding hydrogens is 502 g/mol. The highest BCUT2D eigenvalue weighted by molar-refractivity contribution is 9.09. The van der Waals surface area contributed by atoms with Gasteiger partial charge in [0.15, 0.2) is 0 Å². The zero-order valence-electron chi connectivity index (χ0n) is 20.3. The molecule has 1 N–H and O–H groups in total. The third-order valence-corrected chi connectivity index (χ3v) is 8.09. The predicted molar refractivity (Wildman–Crippen MR) is 133 cm³/mol. The van der Waals surface area contributed by atoms with Gasteiger partial charge in [0.25, 0.3) is 0 Å². The summed E-state index contributed by atoms with van der Waals surface area (Å²) in [6.07, 6.45) is 5.88. The molecule has 8 nitrogen and oxygen atoms in total. The summed E-state index contributed by atoms with van der Waals surface area (Å²) < 4.78 is 6.51. The van der Waals surface area contributed by atoms with Crippen molar-refractivity contribution in [2.75, 3.05) is 39.3 Å². The number of amides is 3. The number of aliphatic hydroxyl groups excluding tert-OH is 1. The van der Waals surface area contributed by atoms with Gasteiger partial charge in [-0.25, -0.2) is 0 Å². The maximum Gasteiger partial charge on any atom is 0.248 e. The van der Waals surface area contributed by atoms with Crippen molar-refractivity contribution < 1.29 is 24.2 Å². The summed E-state index contributed by atoms with van der Waals surface area (Å²) in [7, 11) is 0. The predicted octanol–water partition coefficient (Wildman–Crippen LogP) is 1.97. The van der Waals surface area contributed by atoms with E-state index in [9.17, 15) is 19.5 Å². The largest absolute Gasteiger partial charge is 0.395 e. The molecule has 3 amide bonds. The van der Waals surface area contributed by atoms with E-state index in [1.54, 1.807) is 22.0 Å². The quantitative estimate of drug-likeness (QED) is 0.285. The van der Waals surface area contributed by atoms with Crippen molar-refractivity contribution in [2.45, 2.75) is 62.1 Å². The van der Waals surface area contributed by atoms with Crippen molar-refractivity contribution in [3.8, 4) is 0 Å². The van der Waals surface area contributed by atoms with Crippen LogP contribution >= 0.6 is 15.9 Å². The van der Waals surface area contributed by atoms with E-state index < -0.39 is 29.6 Å². The molecule has 9 heteroatoms. The van der Waals surface area contributed by atoms with Crippen LogP contribution in [0, 0.1) is 11.8 Å². The Morgan fingerprint density at radius 3 is 2.38 bits per heavy atom. The Kier molecular flexibility index (Phi) is 8.98. The summed E-state index contributed by atoms with van der Waals surface area (Å²) >= 11 is 3.69. The first kappa shape index (κ1) is 26.9. The fourth-order valence-corrected chi connectivity index (χ4v) is 6.88. The van der Waals surface area contributed by atoms with Gasteiger partial charge in [-0.2, -0.15) is 0 Å². The average molecular weight is 540 g/mol. The summed E-state index contributed by atoms with van der Waals surface area (Å²) in [4.78, 5) is 46.1. The molecule has 3 fully saturated rings. The van der Waals surface area contributed by atoms with Gasteiger partial charge >= 0.3 is 0 Å². The Hall–Kier alpha value is -1.71. The summed E-state index contributed by atoms with van der Waals surface area (Å²) in [6.45, 7) is 13.2. The number of alkyl halides is 1. The molecule has 3 aliphatic heterocycles. The summed E-state index contributed by atoms with van der Waals surface area (Å²) in [5.41, 5.74) is -1.10. The molecule has 34 heavy (non-hydrogen) atoms. The molecule has 0 aromatic carbocycles. The number of aliphatic hydroxyl groups is 1. The molecular formula is C25H38BrN3O5. The van der Waals surface area contributed by atoms with Gasteiger partial charge in [-0.05, 0) is 19.3 Å². The molecule has 0 aliphatic carbocycles. The van der Waals surface area contributed by atoms with Crippen LogP contribution < -0.4 is 0 Å². The van der Waals surface area contributed by atoms with Crippen LogP contribution in [0.15, 0.2) is 25.3 Å². The van der Waals surface area contributed by atoms with Crippen molar-refractivity contribution in [1.82, 2.24) is 14.7 Å². The SMILES string of the molecule is C=CCN(CCCC)C(=O)C1N(CCO)C(=O)[C@@H]2[C@H](C(=O)N(CC=C)CCC)[C@H]3OC12CC3Br. The number of carbonyl (C=O) groups excluding carboxylic acids is 3. The highest BCUT2D eigenvalue weighted by atomic mass is 79.9. The minimum Gasteiger partial charge on any atom is -0.395 e. The summed E-state index contributed by atoms with van der Waals surface area (Å²) in [6, 6.07) is -0.879. The number of hydrogen-bond acceptors (Lipinski definition) is 5. The Morgan fingerprint density at radius 1 is 1.18 bits per heavy atom. The lowest BCUT2D eigenvalue weighted by Gasteiger charge is -2.37. The molecule has 3 unspecified atom stereocenters. The lowest BCUT2D eigenvalue weighted by molar-refractivity contribution is -0.149. The molecule has 2 bridgehead atoms. The van der Waals surface area contributed by atoms with Crippen LogP contribution in [0.25, 0.3) is 0 Å². The second-order valence-electron chi connectivity index (χ2n) is 9.42. The van der Waals surface area contributed by atoms with Crippen molar-refractivity contribution in [3.05, 3.63) is 25.3 Å². The number of fused-ring (bicyclic) bond motifs is 1. The number of hydrogen-bond donors (Lipinski definition) is 1. The van der Waals surface area contributed by atoms with Crippen LogP contribution in [0.1, 0.15) is 39.5 Å². The van der Waals surface area contributed by atoms with E-state index in [1.165, 1.54) is 4.90 Å². The van der Waals surface area contributed by atoms with Crippen molar-refractivity contribution in [2.24, 2.45) is 11.8 Å². The van der Waals surface area contributed by atoms with Gasteiger partial charge < -0.3 is 24.5 Å². The summed E-state index contributed by atoms with van der Waals surface area (Å²) in [5, 5.41) is 9.74. The third-order valence-electron chi connectivity index (χ3n) is 7.25. The smallest absolute Gasteiger partial charge is 0.248 e. The number of rotatable bonds is 13. The molecule has 1 spiro atoms. The first-order chi connectivity index (χ1) is 16.3. The van der Waals surface area contributed by atoms with Crippen LogP contribution in [0.2, 0.25) is 0 Å². The highest BCUT2D eigenvalue weighted by Gasteiger charge is 2.76. The first-order valence-corrected chi connectivity index (χ1v) is 13.3. The van der Waals surface area contributed by atoms with Crippen LogP contribution in [-0.4, -0.2) is 99.4 Å². The Morgan fingerprint density at radius 2 is 1.82 bits per heavy atom. The van der Waals surface area contributed by atoms with Crippen LogP contribution in [-0.2, 0) is 19.1 Å². The number of likely N-dealkylation sites (tertiary alicyclic amines) is 1. The van der Waals surface area contributed by atoms with E-state index in [2.05, 4.69) is 36.0 Å². The van der Waals surface area contributed by atoms with E-state index in [1.807, 2.05) is 6.92 Å². The minimum absolute atomic E-state index is 0.0242. The number of halogens is 1. The Labute approximate surface area is 211 Å². The topological polar surface area (TPSA) is 90.4 Å². The molecule has 3 rings (SSSR count). The maximum atomic E-state index is 13.9. The average Bonchev–Trinajstić information content (AvgIpc) is 3.39. The number of unbranched alkanes of at least 4 members (excludes halogenated alkanes) is 1. The molecule has 0 saturated carbocycles. The monoisotopic (exact) mass is 539 g/mol. The zero-order valence-corrected chi connectivity index (χ0v) is 21.9. The molecule has 190 valence electrons. The molecule has 6 atom stereocenters. The van der Waals surface area contributed by atoms with Gasteiger partial charge in [0.05, 0.1) is 24.5 Å². The van der Waals surface area contributed by atoms with Gasteiger partial charge in [0, 0.05) is 37.6 Å². The Balaban J connectivity index is 2.03. The van der Waals surface area contributed by atoms with Gasteiger partial charge in [0.2, 0.25) is 17.7 Å². The number of β-amino-alcohol motifs (C(OH)–C–C–N with tert-alkyl or cyclic N) is 1. The molecule has 0 aromatic heterocycles. The van der Waals surface area contributed by atoms with Crippen LogP contribution in [0.4, 0.5) is 0 Å². The van der Waals surface area contributed by atoms with Crippen LogP contribution in [0.5, 0.6) is 0 Å². The second kappa shape index (κ2) is 11.4. The molecule has 3 aliphatic rings. The van der Waals surface area contributed by atoms with Gasteiger partial charge in [-0.3, -0.25) is 14.4 Å². The van der Waals surface area contributed by atoms with E-state index >= 15 is 0 Å². The fraction of sp³-hybridized carbons (Fsp3) is 0.720. The second-order valence-corrected chi connectivity index (χ2v) is 10.6. The number of nitrogens with zero attached hydrogens (tertiary/aromatic N) is 3. The van der Waals surface area contributed by atoms with Gasteiger partial charge in [0.1, 0.15) is 11.6 Å². The third kappa shape index (κ3) is 4.46. The number of ether oxygens (including phenoxy) is 1. The lowest BCUT2D eigenvalue weighted by Crippen LogP contribution is -2.57. The minimum atomic E-state index is -1.10. The molecule has 3 heterocycles. The normalized spacial score (nSPS) is 31.5. The fourth-order valence-electron chi connectivity index (χ4n) is 5.94. The lowest BCUT2D eigenvalue weighted by atomic mass is 9.70. The number of carbonyl (C=O) groups is 3.